The maximum absolute atomic E-state index is 11.0. The minimum absolute atomic E-state index is 0.261. The molecule has 0 spiro atoms. The van der Waals surface area contributed by atoms with Crippen LogP contribution in [0.4, 0.5) is 4.79 Å². The molecule has 2 aliphatic rings. The lowest BCUT2D eigenvalue weighted by molar-refractivity contribution is 0.0382. The van der Waals surface area contributed by atoms with Crippen LogP contribution in [0.1, 0.15) is 19.3 Å². The first-order valence-electron chi connectivity index (χ1n) is 4.87. The number of nitrogens with one attached hydrogen (secondary N) is 1. The van der Waals surface area contributed by atoms with Gasteiger partial charge in [0.15, 0.2) is 0 Å². The number of alkyl carbamates (subject to hydrolysis) is 1. The van der Waals surface area contributed by atoms with Gasteiger partial charge in [0.25, 0.3) is 0 Å². The molecule has 0 radical (unpaired) electrons. The summed E-state index contributed by atoms with van der Waals surface area (Å²) in [6, 6.07) is 0.310. The van der Waals surface area contributed by atoms with E-state index in [4.69, 9.17) is 9.47 Å². The number of amides is 1. The maximum atomic E-state index is 11.0. The van der Waals surface area contributed by atoms with E-state index in [-0.39, 0.29) is 6.09 Å². The second-order valence-electron chi connectivity index (χ2n) is 3.63. The van der Waals surface area contributed by atoms with Crippen molar-refractivity contribution in [3.8, 4) is 0 Å². The maximum Gasteiger partial charge on any atom is 0.407 e. The van der Waals surface area contributed by atoms with Gasteiger partial charge >= 0.3 is 6.09 Å². The van der Waals surface area contributed by atoms with Gasteiger partial charge in [0.1, 0.15) is 0 Å². The van der Waals surface area contributed by atoms with Crippen molar-refractivity contribution in [3.05, 3.63) is 0 Å². The van der Waals surface area contributed by atoms with Crippen molar-refractivity contribution in [2.45, 2.75) is 25.3 Å². The third-order valence-electron chi connectivity index (χ3n) is 2.80. The van der Waals surface area contributed by atoms with Crippen LogP contribution in [0.15, 0.2) is 0 Å². The molecular formula is C9H15NO3. The third-order valence-corrected chi connectivity index (χ3v) is 2.80. The molecule has 0 aromatic heterocycles. The number of carbonyl (C=O) groups is 1. The Kier molecular flexibility index (Phi) is 2.68. The van der Waals surface area contributed by atoms with Gasteiger partial charge in [0.05, 0.1) is 6.61 Å². The standard InChI is InChI=1S/C9H15NO3/c11-9-10-8(3-6-13-9)7-1-4-12-5-2-7/h7-8H,1-6H2,(H,10,11). The van der Waals surface area contributed by atoms with Gasteiger partial charge in [-0.1, -0.05) is 0 Å². The van der Waals surface area contributed by atoms with Gasteiger partial charge in [-0.3, -0.25) is 0 Å². The molecule has 4 nitrogen and oxygen atoms in total. The zero-order chi connectivity index (χ0) is 9.10. The molecule has 1 unspecified atom stereocenters. The van der Waals surface area contributed by atoms with Gasteiger partial charge in [-0.15, -0.1) is 0 Å². The highest BCUT2D eigenvalue weighted by molar-refractivity contribution is 5.68. The van der Waals surface area contributed by atoms with Gasteiger partial charge in [0, 0.05) is 25.7 Å². The van der Waals surface area contributed by atoms with E-state index >= 15 is 0 Å². The summed E-state index contributed by atoms with van der Waals surface area (Å²) >= 11 is 0. The predicted molar refractivity (Wildman–Crippen MR) is 46.4 cm³/mol. The average molecular weight is 185 g/mol. The highest BCUT2D eigenvalue weighted by Gasteiger charge is 2.28. The summed E-state index contributed by atoms with van der Waals surface area (Å²) < 4.78 is 10.1. The second-order valence-corrected chi connectivity index (χ2v) is 3.63. The van der Waals surface area contributed by atoms with E-state index in [9.17, 15) is 4.79 Å². The van der Waals surface area contributed by atoms with E-state index in [1.807, 2.05) is 0 Å². The summed E-state index contributed by atoms with van der Waals surface area (Å²) in [6.45, 7) is 2.23. The van der Waals surface area contributed by atoms with E-state index < -0.39 is 0 Å². The number of cyclic esters (lactones) is 1. The minimum atomic E-state index is -0.261. The first kappa shape index (κ1) is 8.81. The molecule has 2 heterocycles. The van der Waals surface area contributed by atoms with Crippen LogP contribution in [-0.4, -0.2) is 32.0 Å². The molecule has 74 valence electrons. The normalized spacial score (nSPS) is 30.8. The molecule has 13 heavy (non-hydrogen) atoms. The Bertz CT molecular complexity index is 189. The fourth-order valence-electron chi connectivity index (χ4n) is 2.02. The molecule has 2 saturated heterocycles. The summed E-state index contributed by atoms with van der Waals surface area (Å²) in [5.74, 6) is 0.585. The lowest BCUT2D eigenvalue weighted by Crippen LogP contribution is -2.47. The van der Waals surface area contributed by atoms with Crippen molar-refractivity contribution in [1.82, 2.24) is 5.32 Å². The molecule has 1 amide bonds. The Labute approximate surface area is 77.6 Å². The summed E-state index contributed by atoms with van der Waals surface area (Å²) in [6.07, 6.45) is 2.80. The van der Waals surface area contributed by atoms with Crippen molar-refractivity contribution in [3.63, 3.8) is 0 Å². The monoisotopic (exact) mass is 185 g/mol. The van der Waals surface area contributed by atoms with Crippen LogP contribution in [0, 0.1) is 5.92 Å². The van der Waals surface area contributed by atoms with Crippen LogP contribution >= 0.6 is 0 Å². The lowest BCUT2D eigenvalue weighted by atomic mass is 9.89. The fraction of sp³-hybridized carbons (Fsp3) is 0.889. The summed E-state index contributed by atoms with van der Waals surface area (Å²) in [5.41, 5.74) is 0. The van der Waals surface area contributed by atoms with E-state index in [0.29, 0.717) is 18.6 Å². The first-order chi connectivity index (χ1) is 6.36. The smallest absolute Gasteiger partial charge is 0.407 e. The molecule has 0 saturated carbocycles. The second kappa shape index (κ2) is 3.96. The van der Waals surface area contributed by atoms with Crippen LogP contribution in [0.2, 0.25) is 0 Å². The Morgan fingerprint density at radius 2 is 1.92 bits per heavy atom. The van der Waals surface area contributed by atoms with Crippen LogP contribution in [0.3, 0.4) is 0 Å². The van der Waals surface area contributed by atoms with Gasteiger partial charge in [-0.05, 0) is 18.8 Å². The zero-order valence-electron chi connectivity index (χ0n) is 7.62. The van der Waals surface area contributed by atoms with Crippen LogP contribution in [0.5, 0.6) is 0 Å². The largest absolute Gasteiger partial charge is 0.449 e. The average Bonchev–Trinajstić information content (AvgIpc) is 2.19. The molecule has 2 aliphatic heterocycles. The summed E-state index contributed by atoms with van der Waals surface area (Å²) in [5, 5.41) is 2.87. The molecule has 4 heteroatoms. The summed E-state index contributed by atoms with van der Waals surface area (Å²) in [7, 11) is 0. The Morgan fingerprint density at radius 3 is 2.62 bits per heavy atom. The van der Waals surface area contributed by atoms with Gasteiger partial charge < -0.3 is 14.8 Å². The number of carbonyl (C=O) groups excluding carboxylic acids is 1. The number of rotatable bonds is 1. The molecular weight excluding hydrogens is 170 g/mol. The van der Waals surface area contributed by atoms with Gasteiger partial charge in [0.2, 0.25) is 0 Å². The molecule has 2 rings (SSSR count). The molecule has 0 bridgehead atoms. The highest BCUT2D eigenvalue weighted by Crippen LogP contribution is 2.22. The molecule has 0 aromatic rings. The van der Waals surface area contributed by atoms with Crippen molar-refractivity contribution >= 4 is 6.09 Å². The molecule has 0 aliphatic carbocycles. The van der Waals surface area contributed by atoms with E-state index in [1.165, 1.54) is 0 Å². The third kappa shape index (κ3) is 2.12. The Morgan fingerprint density at radius 1 is 1.15 bits per heavy atom. The molecule has 0 aromatic carbocycles. The number of hydrogen-bond acceptors (Lipinski definition) is 3. The van der Waals surface area contributed by atoms with Crippen LogP contribution in [0.25, 0.3) is 0 Å². The zero-order valence-corrected chi connectivity index (χ0v) is 7.62. The minimum Gasteiger partial charge on any atom is -0.449 e. The van der Waals surface area contributed by atoms with Gasteiger partial charge in [-0.2, -0.15) is 0 Å². The topological polar surface area (TPSA) is 47.6 Å². The SMILES string of the molecule is O=C1NC(C2CCOCC2)CCO1. The van der Waals surface area contributed by atoms with E-state index in [1.54, 1.807) is 0 Å². The number of ether oxygens (including phenoxy) is 2. The summed E-state index contributed by atoms with van der Waals surface area (Å²) in [4.78, 5) is 11.0. The van der Waals surface area contributed by atoms with Crippen molar-refractivity contribution in [2.24, 2.45) is 5.92 Å². The Balaban J connectivity index is 1.87. The first-order valence-corrected chi connectivity index (χ1v) is 4.87. The Hall–Kier alpha value is -0.770. The quantitative estimate of drug-likeness (QED) is 0.660. The lowest BCUT2D eigenvalue weighted by Gasteiger charge is -2.33. The molecule has 1 atom stereocenters. The van der Waals surface area contributed by atoms with Crippen molar-refractivity contribution in [2.75, 3.05) is 19.8 Å². The molecule has 1 N–H and O–H groups in total. The molecule has 2 fully saturated rings. The van der Waals surface area contributed by atoms with Crippen molar-refractivity contribution in [1.29, 1.82) is 0 Å². The fourth-order valence-corrected chi connectivity index (χ4v) is 2.02. The van der Waals surface area contributed by atoms with E-state index in [0.717, 1.165) is 32.5 Å². The number of hydrogen-bond donors (Lipinski definition) is 1. The van der Waals surface area contributed by atoms with Crippen LogP contribution < -0.4 is 5.32 Å². The predicted octanol–water partition coefficient (Wildman–Crippen LogP) is 0.911. The highest BCUT2D eigenvalue weighted by atomic mass is 16.5. The van der Waals surface area contributed by atoms with Crippen LogP contribution in [-0.2, 0) is 9.47 Å². The van der Waals surface area contributed by atoms with E-state index in [2.05, 4.69) is 5.32 Å². The van der Waals surface area contributed by atoms with Crippen molar-refractivity contribution < 1.29 is 14.3 Å². The van der Waals surface area contributed by atoms with Gasteiger partial charge in [-0.25, -0.2) is 4.79 Å².